The average Bonchev–Trinajstić information content (AvgIpc) is 2.15. The molecule has 68 valence electrons. The fraction of sp³-hybridized carbons (Fsp3) is 0.667. The van der Waals surface area contributed by atoms with Gasteiger partial charge in [-0.25, -0.2) is 0 Å². The highest BCUT2D eigenvalue weighted by Gasteiger charge is 2.12. The molecule has 3 heteroatoms. The van der Waals surface area contributed by atoms with Crippen molar-refractivity contribution < 1.29 is 4.79 Å². The normalized spacial score (nSPS) is 18.6. The van der Waals surface area contributed by atoms with Crippen LogP contribution >= 0.6 is 0 Å². The monoisotopic (exact) mass is 168 g/mol. The van der Waals surface area contributed by atoms with Gasteiger partial charge in [0.1, 0.15) is 0 Å². The zero-order chi connectivity index (χ0) is 8.81. The van der Waals surface area contributed by atoms with Gasteiger partial charge in [0.15, 0.2) is 0 Å². The number of nitrogens with two attached hydrogens (primary N) is 1. The molecule has 0 radical (unpaired) electrons. The molecule has 1 rings (SSSR count). The van der Waals surface area contributed by atoms with Gasteiger partial charge < -0.3 is 10.6 Å². The molecule has 0 unspecified atom stereocenters. The smallest absolute Gasteiger partial charge is 0.246 e. The molecular weight excluding hydrogens is 152 g/mol. The highest BCUT2D eigenvalue weighted by molar-refractivity contribution is 5.87. The summed E-state index contributed by atoms with van der Waals surface area (Å²) in [6.07, 6.45) is 6.82. The van der Waals surface area contributed by atoms with Crippen molar-refractivity contribution in [3.63, 3.8) is 0 Å². The summed E-state index contributed by atoms with van der Waals surface area (Å²) < 4.78 is 0. The molecule has 1 amide bonds. The Labute approximate surface area is 73.2 Å². The van der Waals surface area contributed by atoms with Crippen molar-refractivity contribution in [3.05, 3.63) is 12.2 Å². The SMILES string of the molecule is NC/C=C/C(=O)N1CCCCC1. The molecule has 1 saturated heterocycles. The minimum atomic E-state index is 0.111. The van der Waals surface area contributed by atoms with Crippen molar-refractivity contribution in [1.82, 2.24) is 4.90 Å². The third kappa shape index (κ3) is 2.66. The van der Waals surface area contributed by atoms with Crippen molar-refractivity contribution >= 4 is 5.91 Å². The summed E-state index contributed by atoms with van der Waals surface area (Å²) in [7, 11) is 0. The first-order chi connectivity index (χ1) is 5.84. The molecule has 0 saturated carbocycles. The van der Waals surface area contributed by atoms with E-state index in [1.165, 1.54) is 6.42 Å². The number of hydrogen-bond donors (Lipinski definition) is 1. The molecule has 12 heavy (non-hydrogen) atoms. The van der Waals surface area contributed by atoms with Gasteiger partial charge in [-0.05, 0) is 19.3 Å². The third-order valence-corrected chi connectivity index (χ3v) is 2.06. The van der Waals surface area contributed by atoms with Crippen LogP contribution in [0.25, 0.3) is 0 Å². The Morgan fingerprint density at radius 1 is 1.33 bits per heavy atom. The van der Waals surface area contributed by atoms with E-state index >= 15 is 0 Å². The van der Waals surface area contributed by atoms with Gasteiger partial charge in [-0.2, -0.15) is 0 Å². The van der Waals surface area contributed by atoms with Crippen LogP contribution in [-0.4, -0.2) is 30.4 Å². The molecule has 1 aliphatic rings. The summed E-state index contributed by atoms with van der Waals surface area (Å²) in [6, 6.07) is 0. The molecule has 2 N–H and O–H groups in total. The maximum Gasteiger partial charge on any atom is 0.246 e. The largest absolute Gasteiger partial charge is 0.339 e. The maximum atomic E-state index is 11.3. The van der Waals surface area contributed by atoms with E-state index in [-0.39, 0.29) is 5.91 Å². The number of hydrogen-bond acceptors (Lipinski definition) is 2. The summed E-state index contributed by atoms with van der Waals surface area (Å²) in [5.41, 5.74) is 5.25. The Morgan fingerprint density at radius 2 is 2.00 bits per heavy atom. The van der Waals surface area contributed by atoms with Crippen LogP contribution in [0.5, 0.6) is 0 Å². The minimum absolute atomic E-state index is 0.111. The van der Waals surface area contributed by atoms with E-state index < -0.39 is 0 Å². The van der Waals surface area contributed by atoms with E-state index in [9.17, 15) is 4.79 Å². The first-order valence-corrected chi connectivity index (χ1v) is 4.50. The van der Waals surface area contributed by atoms with Gasteiger partial charge in [-0.1, -0.05) is 6.08 Å². The number of amides is 1. The molecule has 0 bridgehead atoms. The second kappa shape index (κ2) is 4.93. The van der Waals surface area contributed by atoms with Gasteiger partial charge in [0.2, 0.25) is 5.91 Å². The second-order valence-electron chi connectivity index (χ2n) is 3.02. The molecule has 0 aromatic carbocycles. The molecule has 0 aliphatic carbocycles. The zero-order valence-electron chi connectivity index (χ0n) is 7.33. The van der Waals surface area contributed by atoms with E-state index in [1.807, 2.05) is 4.90 Å². The van der Waals surface area contributed by atoms with E-state index in [1.54, 1.807) is 12.2 Å². The summed E-state index contributed by atoms with van der Waals surface area (Å²) in [6.45, 7) is 2.26. The Hall–Kier alpha value is -0.830. The number of carbonyl (C=O) groups excluding carboxylic acids is 1. The summed E-state index contributed by atoms with van der Waals surface area (Å²) in [5.74, 6) is 0.111. The lowest BCUT2D eigenvalue weighted by Crippen LogP contribution is -2.34. The molecule has 1 aliphatic heterocycles. The highest BCUT2D eigenvalue weighted by Crippen LogP contribution is 2.08. The molecule has 1 fully saturated rings. The maximum absolute atomic E-state index is 11.3. The van der Waals surface area contributed by atoms with Crippen LogP contribution in [0, 0.1) is 0 Å². The first-order valence-electron chi connectivity index (χ1n) is 4.50. The van der Waals surface area contributed by atoms with Crippen LogP contribution in [-0.2, 0) is 4.79 Å². The number of carbonyl (C=O) groups is 1. The highest BCUT2D eigenvalue weighted by atomic mass is 16.2. The minimum Gasteiger partial charge on any atom is -0.339 e. The van der Waals surface area contributed by atoms with Crippen LogP contribution < -0.4 is 5.73 Å². The van der Waals surface area contributed by atoms with E-state index in [0.717, 1.165) is 25.9 Å². The number of likely N-dealkylation sites (tertiary alicyclic amines) is 1. The Kier molecular flexibility index (Phi) is 3.80. The van der Waals surface area contributed by atoms with Crippen LogP contribution in [0.15, 0.2) is 12.2 Å². The van der Waals surface area contributed by atoms with E-state index in [2.05, 4.69) is 0 Å². The summed E-state index contributed by atoms with van der Waals surface area (Å²) in [4.78, 5) is 13.2. The van der Waals surface area contributed by atoms with Crippen LogP contribution in [0.3, 0.4) is 0 Å². The predicted octanol–water partition coefficient (Wildman–Crippen LogP) is 0.514. The van der Waals surface area contributed by atoms with Crippen LogP contribution in [0.1, 0.15) is 19.3 Å². The van der Waals surface area contributed by atoms with Gasteiger partial charge in [-0.3, -0.25) is 4.79 Å². The van der Waals surface area contributed by atoms with Crippen molar-refractivity contribution in [1.29, 1.82) is 0 Å². The van der Waals surface area contributed by atoms with E-state index in [4.69, 9.17) is 5.73 Å². The lowest BCUT2D eigenvalue weighted by Gasteiger charge is -2.25. The third-order valence-electron chi connectivity index (χ3n) is 2.06. The molecular formula is C9H16N2O. The zero-order valence-corrected chi connectivity index (χ0v) is 7.33. The first kappa shape index (κ1) is 9.26. The molecule has 3 nitrogen and oxygen atoms in total. The predicted molar refractivity (Wildman–Crippen MR) is 48.6 cm³/mol. The Bertz CT molecular complexity index is 171. The Balaban J connectivity index is 2.34. The van der Waals surface area contributed by atoms with Crippen molar-refractivity contribution in [2.45, 2.75) is 19.3 Å². The van der Waals surface area contributed by atoms with Crippen LogP contribution in [0.2, 0.25) is 0 Å². The quantitative estimate of drug-likeness (QED) is 0.611. The van der Waals surface area contributed by atoms with Gasteiger partial charge in [0.05, 0.1) is 0 Å². The van der Waals surface area contributed by atoms with Crippen molar-refractivity contribution in [2.75, 3.05) is 19.6 Å². The van der Waals surface area contributed by atoms with E-state index in [0.29, 0.717) is 6.54 Å². The summed E-state index contributed by atoms with van der Waals surface area (Å²) >= 11 is 0. The van der Waals surface area contributed by atoms with Gasteiger partial charge in [0, 0.05) is 25.7 Å². The lowest BCUT2D eigenvalue weighted by molar-refractivity contribution is -0.126. The lowest BCUT2D eigenvalue weighted by atomic mass is 10.1. The Morgan fingerprint density at radius 3 is 2.58 bits per heavy atom. The second-order valence-corrected chi connectivity index (χ2v) is 3.02. The fourth-order valence-electron chi connectivity index (χ4n) is 1.39. The fourth-order valence-corrected chi connectivity index (χ4v) is 1.39. The van der Waals surface area contributed by atoms with Crippen LogP contribution in [0.4, 0.5) is 0 Å². The summed E-state index contributed by atoms with van der Waals surface area (Å²) in [5, 5.41) is 0. The standard InChI is InChI=1S/C9H16N2O/c10-6-4-5-9(12)11-7-2-1-3-8-11/h4-5H,1-3,6-8,10H2/b5-4+. The average molecular weight is 168 g/mol. The van der Waals surface area contributed by atoms with Crippen molar-refractivity contribution in [2.24, 2.45) is 5.73 Å². The van der Waals surface area contributed by atoms with Gasteiger partial charge in [0.25, 0.3) is 0 Å². The number of rotatable bonds is 2. The molecule has 0 atom stereocenters. The van der Waals surface area contributed by atoms with Crippen molar-refractivity contribution in [3.8, 4) is 0 Å². The topological polar surface area (TPSA) is 46.3 Å². The molecule has 1 heterocycles. The molecule has 0 aromatic heterocycles. The van der Waals surface area contributed by atoms with Gasteiger partial charge >= 0.3 is 0 Å². The number of piperidine rings is 1. The molecule has 0 aromatic rings. The van der Waals surface area contributed by atoms with Gasteiger partial charge in [-0.15, -0.1) is 0 Å². The number of nitrogens with zero attached hydrogens (tertiary/aromatic N) is 1. The molecule has 0 spiro atoms.